The molecule has 2 N–H and O–H groups in total. The fraction of sp³-hybridized carbons (Fsp3) is 0.217. The lowest BCUT2D eigenvalue weighted by Crippen LogP contribution is -2.54. The van der Waals surface area contributed by atoms with E-state index in [2.05, 4.69) is 5.32 Å². The normalized spacial score (nSPS) is 14.8. The quantitative estimate of drug-likeness (QED) is 0.437. The summed E-state index contributed by atoms with van der Waals surface area (Å²) < 4.78 is 16.0. The molecule has 0 unspecified atom stereocenters. The van der Waals surface area contributed by atoms with Gasteiger partial charge in [0.25, 0.3) is 11.8 Å². The molecule has 0 atom stereocenters. The van der Waals surface area contributed by atoms with Crippen LogP contribution in [0.25, 0.3) is 6.08 Å². The van der Waals surface area contributed by atoms with Crippen LogP contribution >= 0.6 is 0 Å². The Balaban J connectivity index is 1.92. The molecule has 0 aromatic heterocycles. The third kappa shape index (κ3) is 5.48. The summed E-state index contributed by atoms with van der Waals surface area (Å²) in [6.07, 6.45) is 1.31. The van der Waals surface area contributed by atoms with E-state index in [4.69, 9.17) is 19.3 Å². The number of hydrogen-bond donors (Lipinski definition) is 2. The van der Waals surface area contributed by atoms with E-state index in [9.17, 15) is 19.2 Å². The zero-order valence-corrected chi connectivity index (χ0v) is 18.0. The zero-order chi connectivity index (χ0) is 24.0. The maximum atomic E-state index is 13.0. The lowest BCUT2D eigenvalue weighted by molar-refractivity contribution is -0.139. The number of hydrogen-bond acceptors (Lipinski definition) is 7. The van der Waals surface area contributed by atoms with Gasteiger partial charge in [0.05, 0.1) is 18.9 Å². The number of benzene rings is 2. The van der Waals surface area contributed by atoms with Crippen LogP contribution in [0.15, 0.2) is 48.0 Å². The molecular weight excluding hydrogens is 432 g/mol. The maximum absolute atomic E-state index is 13.0. The molecule has 2 aromatic rings. The van der Waals surface area contributed by atoms with Crippen molar-refractivity contribution in [2.24, 2.45) is 0 Å². The fourth-order valence-corrected chi connectivity index (χ4v) is 3.06. The van der Waals surface area contributed by atoms with Crippen molar-refractivity contribution in [2.45, 2.75) is 13.8 Å². The van der Waals surface area contributed by atoms with Gasteiger partial charge in [0.15, 0.2) is 18.1 Å². The number of carbonyl (C=O) groups excluding carboxylic acids is 3. The minimum Gasteiger partial charge on any atom is -0.494 e. The Hall–Kier alpha value is -4.34. The van der Waals surface area contributed by atoms with Crippen LogP contribution in [0, 0.1) is 0 Å². The first-order chi connectivity index (χ1) is 15.8. The van der Waals surface area contributed by atoms with Gasteiger partial charge in [-0.1, -0.05) is 6.07 Å². The van der Waals surface area contributed by atoms with Crippen molar-refractivity contribution in [2.75, 3.05) is 24.7 Å². The van der Waals surface area contributed by atoms with E-state index in [1.54, 1.807) is 19.1 Å². The Kier molecular flexibility index (Phi) is 7.29. The van der Waals surface area contributed by atoms with Crippen LogP contribution < -0.4 is 24.4 Å². The lowest BCUT2D eigenvalue weighted by Gasteiger charge is -2.26. The van der Waals surface area contributed by atoms with Gasteiger partial charge in [0, 0.05) is 0 Å². The molecule has 33 heavy (non-hydrogen) atoms. The summed E-state index contributed by atoms with van der Waals surface area (Å²) in [4.78, 5) is 49.4. The minimum absolute atomic E-state index is 0.201. The van der Waals surface area contributed by atoms with Gasteiger partial charge < -0.3 is 19.3 Å². The predicted octanol–water partition coefficient (Wildman–Crippen LogP) is 2.61. The van der Waals surface area contributed by atoms with E-state index in [0.29, 0.717) is 17.9 Å². The molecule has 1 heterocycles. The number of nitrogens with zero attached hydrogens (tertiary/aromatic N) is 1. The zero-order valence-electron chi connectivity index (χ0n) is 18.0. The van der Waals surface area contributed by atoms with Crippen molar-refractivity contribution >= 4 is 35.6 Å². The van der Waals surface area contributed by atoms with Gasteiger partial charge in [0.1, 0.15) is 11.3 Å². The highest BCUT2D eigenvalue weighted by Gasteiger charge is 2.36. The van der Waals surface area contributed by atoms with Crippen LogP contribution in [-0.2, 0) is 14.4 Å². The Labute approximate surface area is 189 Å². The number of aliphatic carboxylic acids is 1. The van der Waals surface area contributed by atoms with Crippen LogP contribution in [0.5, 0.6) is 17.2 Å². The monoisotopic (exact) mass is 454 g/mol. The number of carboxylic acids is 1. The number of rotatable bonds is 9. The van der Waals surface area contributed by atoms with E-state index in [1.165, 1.54) is 36.4 Å². The molecule has 0 aliphatic carbocycles. The molecule has 4 amide bonds. The summed E-state index contributed by atoms with van der Waals surface area (Å²) in [6.45, 7) is 3.77. The van der Waals surface area contributed by atoms with Crippen LogP contribution in [0.1, 0.15) is 19.4 Å². The molecule has 1 saturated heterocycles. The largest absolute Gasteiger partial charge is 0.494 e. The van der Waals surface area contributed by atoms with Gasteiger partial charge in [-0.2, -0.15) is 0 Å². The highest BCUT2D eigenvalue weighted by molar-refractivity contribution is 6.39. The second-order valence-electron chi connectivity index (χ2n) is 6.71. The predicted molar refractivity (Wildman–Crippen MR) is 117 cm³/mol. The first kappa shape index (κ1) is 23.3. The minimum atomic E-state index is -1.15. The highest BCUT2D eigenvalue weighted by atomic mass is 16.5. The number of amides is 4. The molecule has 0 saturated carbocycles. The van der Waals surface area contributed by atoms with Crippen LogP contribution in [0.2, 0.25) is 0 Å². The van der Waals surface area contributed by atoms with E-state index in [0.717, 1.165) is 4.90 Å². The fourth-order valence-electron chi connectivity index (χ4n) is 3.06. The van der Waals surface area contributed by atoms with Gasteiger partial charge in [-0.15, -0.1) is 0 Å². The third-order valence-corrected chi connectivity index (χ3v) is 4.44. The maximum Gasteiger partial charge on any atom is 0.341 e. The van der Waals surface area contributed by atoms with Gasteiger partial charge in [-0.05, 0) is 61.9 Å². The van der Waals surface area contributed by atoms with Crippen molar-refractivity contribution < 1.29 is 38.5 Å². The van der Waals surface area contributed by atoms with Gasteiger partial charge in [-0.25, -0.2) is 14.5 Å². The number of imide groups is 2. The molecule has 1 aliphatic rings. The second-order valence-corrected chi connectivity index (χ2v) is 6.71. The van der Waals surface area contributed by atoms with Crippen molar-refractivity contribution in [3.05, 3.63) is 53.6 Å². The van der Waals surface area contributed by atoms with Crippen LogP contribution in [-0.4, -0.2) is 48.7 Å². The number of urea groups is 1. The molecular formula is C23H22N2O8. The van der Waals surface area contributed by atoms with Crippen molar-refractivity contribution in [1.82, 2.24) is 5.32 Å². The Bertz CT molecular complexity index is 1110. The summed E-state index contributed by atoms with van der Waals surface area (Å²) in [6, 6.07) is 9.96. The van der Waals surface area contributed by atoms with Crippen LogP contribution in [0.3, 0.4) is 0 Å². The first-order valence-electron chi connectivity index (χ1n) is 10.1. The van der Waals surface area contributed by atoms with Crippen LogP contribution in [0.4, 0.5) is 10.5 Å². The first-order valence-corrected chi connectivity index (χ1v) is 10.1. The summed E-state index contributed by atoms with van der Waals surface area (Å²) in [5.74, 6) is -1.75. The number of ether oxygens (including phenoxy) is 3. The summed E-state index contributed by atoms with van der Waals surface area (Å²) in [5, 5.41) is 11.0. The number of anilines is 1. The average Bonchev–Trinajstić information content (AvgIpc) is 2.77. The summed E-state index contributed by atoms with van der Waals surface area (Å²) in [7, 11) is 0. The molecule has 1 aliphatic heterocycles. The SMILES string of the molecule is CCOc1ccc(N2C(=O)NC(=O)/C(=C/c3ccc(OCC(=O)O)c(OCC)c3)C2=O)cc1. The lowest BCUT2D eigenvalue weighted by atomic mass is 10.1. The number of barbiturate groups is 1. The average molecular weight is 454 g/mol. The molecule has 2 aromatic carbocycles. The number of nitrogens with one attached hydrogen (secondary N) is 1. The standard InChI is InChI=1S/C23H22N2O8/c1-3-31-16-8-6-15(7-9-16)25-22(29)17(21(28)24-23(25)30)11-14-5-10-18(33-13-20(26)27)19(12-14)32-4-2/h5-12H,3-4,13H2,1-2H3,(H,26,27)(H,24,28,30)/b17-11-. The third-order valence-electron chi connectivity index (χ3n) is 4.44. The molecule has 10 nitrogen and oxygen atoms in total. The summed E-state index contributed by atoms with van der Waals surface area (Å²) >= 11 is 0. The molecule has 0 radical (unpaired) electrons. The highest BCUT2D eigenvalue weighted by Crippen LogP contribution is 2.30. The van der Waals surface area contributed by atoms with Gasteiger partial charge in [0.2, 0.25) is 0 Å². The van der Waals surface area contributed by atoms with Crippen molar-refractivity contribution in [3.63, 3.8) is 0 Å². The van der Waals surface area contributed by atoms with Gasteiger partial charge in [-0.3, -0.25) is 14.9 Å². The van der Waals surface area contributed by atoms with E-state index < -0.39 is 30.4 Å². The van der Waals surface area contributed by atoms with E-state index in [1.807, 2.05) is 6.92 Å². The topological polar surface area (TPSA) is 131 Å². The molecule has 0 bridgehead atoms. The second kappa shape index (κ2) is 10.3. The smallest absolute Gasteiger partial charge is 0.341 e. The van der Waals surface area contributed by atoms with Crippen molar-refractivity contribution in [3.8, 4) is 17.2 Å². The number of carboxylic acid groups (broad SMARTS) is 1. The molecule has 10 heteroatoms. The van der Waals surface area contributed by atoms with E-state index >= 15 is 0 Å². The van der Waals surface area contributed by atoms with Crippen molar-refractivity contribution in [1.29, 1.82) is 0 Å². The summed E-state index contributed by atoms with van der Waals surface area (Å²) in [5.41, 5.74) is 0.428. The Morgan fingerprint density at radius 3 is 2.30 bits per heavy atom. The molecule has 0 spiro atoms. The van der Waals surface area contributed by atoms with Gasteiger partial charge >= 0.3 is 12.0 Å². The van der Waals surface area contributed by atoms with E-state index in [-0.39, 0.29) is 29.4 Å². The Morgan fingerprint density at radius 2 is 1.67 bits per heavy atom. The molecule has 172 valence electrons. The molecule has 3 rings (SSSR count). The Morgan fingerprint density at radius 1 is 0.970 bits per heavy atom. The number of carbonyl (C=O) groups is 4. The molecule has 1 fully saturated rings.